The molecule has 0 atom stereocenters. The highest BCUT2D eigenvalue weighted by Crippen LogP contribution is 2.31. The number of carbonyl (C=O) groups is 1. The summed E-state index contributed by atoms with van der Waals surface area (Å²) in [7, 11) is 0. The second-order valence-electron chi connectivity index (χ2n) is 8.91. The third-order valence-corrected chi connectivity index (χ3v) is 6.85. The summed E-state index contributed by atoms with van der Waals surface area (Å²) in [6.45, 7) is 4.38. The van der Waals surface area contributed by atoms with Crippen molar-refractivity contribution in [1.29, 1.82) is 0 Å². The number of fused-ring (bicyclic) bond motifs is 2. The van der Waals surface area contributed by atoms with Crippen molar-refractivity contribution >= 4 is 11.6 Å². The predicted molar refractivity (Wildman–Crippen MR) is 115 cm³/mol. The minimum atomic E-state index is 0.289. The van der Waals surface area contributed by atoms with Crippen LogP contribution >= 0.6 is 0 Å². The quantitative estimate of drug-likeness (QED) is 0.770. The molecule has 2 aliphatic heterocycles. The van der Waals surface area contributed by atoms with E-state index in [0.717, 1.165) is 42.4 Å². The molecule has 0 saturated heterocycles. The van der Waals surface area contributed by atoms with E-state index in [9.17, 15) is 4.79 Å². The number of nitrogens with zero attached hydrogens (tertiary/aromatic N) is 3. The summed E-state index contributed by atoms with van der Waals surface area (Å²) in [6.07, 6.45) is 10.4. The van der Waals surface area contributed by atoms with Gasteiger partial charge in [-0.05, 0) is 54.2 Å². The van der Waals surface area contributed by atoms with Crippen LogP contribution in [0.25, 0.3) is 0 Å². The van der Waals surface area contributed by atoms with Gasteiger partial charge in [0.05, 0.1) is 18.7 Å². The summed E-state index contributed by atoms with van der Waals surface area (Å²) in [4.78, 5) is 24.0. The number of amides is 1. The van der Waals surface area contributed by atoms with E-state index in [1.54, 1.807) is 0 Å². The van der Waals surface area contributed by atoms with Crippen molar-refractivity contribution in [1.82, 2.24) is 9.88 Å². The minimum absolute atomic E-state index is 0.289. The lowest BCUT2D eigenvalue weighted by Gasteiger charge is -2.31. The van der Waals surface area contributed by atoms with Crippen molar-refractivity contribution in [2.75, 3.05) is 6.54 Å². The zero-order chi connectivity index (χ0) is 19.8. The van der Waals surface area contributed by atoms with Crippen molar-refractivity contribution in [2.24, 2.45) is 10.9 Å². The van der Waals surface area contributed by atoms with Crippen molar-refractivity contribution in [3.63, 3.8) is 0 Å². The highest BCUT2D eigenvalue weighted by molar-refractivity contribution is 6.15. The van der Waals surface area contributed by atoms with Crippen LogP contribution in [0.15, 0.2) is 35.5 Å². The number of pyridine rings is 1. The van der Waals surface area contributed by atoms with Gasteiger partial charge in [-0.1, -0.05) is 38.2 Å². The maximum Gasteiger partial charge on any atom is 0.227 e. The second kappa shape index (κ2) is 7.74. The van der Waals surface area contributed by atoms with Crippen LogP contribution in [0, 0.1) is 12.8 Å². The molecular weight excluding hydrogens is 358 g/mol. The molecule has 5 rings (SSSR count). The van der Waals surface area contributed by atoms with Gasteiger partial charge in [0, 0.05) is 36.1 Å². The monoisotopic (exact) mass is 387 g/mol. The molecule has 1 fully saturated rings. The fourth-order valence-corrected chi connectivity index (χ4v) is 5.18. The molecule has 1 aromatic heterocycles. The summed E-state index contributed by atoms with van der Waals surface area (Å²) >= 11 is 0. The molecule has 3 aliphatic rings. The lowest BCUT2D eigenvalue weighted by Crippen LogP contribution is -2.37. The second-order valence-corrected chi connectivity index (χ2v) is 8.91. The molecule has 1 aromatic carbocycles. The lowest BCUT2D eigenvalue weighted by atomic mass is 9.86. The van der Waals surface area contributed by atoms with Crippen molar-refractivity contribution in [2.45, 2.75) is 65.0 Å². The maximum absolute atomic E-state index is 12.7. The van der Waals surface area contributed by atoms with Crippen molar-refractivity contribution in [3.8, 4) is 0 Å². The van der Waals surface area contributed by atoms with Gasteiger partial charge in [-0.15, -0.1) is 0 Å². The van der Waals surface area contributed by atoms with Crippen LogP contribution in [-0.2, 0) is 24.3 Å². The third kappa shape index (κ3) is 3.73. The Morgan fingerprint density at radius 2 is 1.93 bits per heavy atom. The third-order valence-electron chi connectivity index (χ3n) is 6.85. The van der Waals surface area contributed by atoms with Crippen LogP contribution in [0.1, 0.15) is 72.0 Å². The summed E-state index contributed by atoms with van der Waals surface area (Å²) in [5.41, 5.74) is 8.19. The summed E-state index contributed by atoms with van der Waals surface area (Å²) in [5.74, 6) is 1.10. The molecule has 0 radical (unpaired) electrons. The van der Waals surface area contributed by atoms with E-state index < -0.39 is 0 Å². The molecule has 1 aliphatic carbocycles. The zero-order valence-corrected chi connectivity index (χ0v) is 17.3. The number of aryl methyl sites for hydroxylation is 1. The normalized spacial score (nSPS) is 19.1. The topological polar surface area (TPSA) is 45.6 Å². The molecule has 1 saturated carbocycles. The Labute approximate surface area is 173 Å². The lowest BCUT2D eigenvalue weighted by molar-refractivity contribution is -0.132. The first kappa shape index (κ1) is 18.5. The van der Waals surface area contributed by atoms with Gasteiger partial charge in [0.2, 0.25) is 5.91 Å². The summed E-state index contributed by atoms with van der Waals surface area (Å²) in [5, 5.41) is 0. The molecule has 4 heteroatoms. The summed E-state index contributed by atoms with van der Waals surface area (Å²) < 4.78 is 0. The number of carbonyl (C=O) groups excluding carboxylic acids is 1. The predicted octanol–water partition coefficient (Wildman–Crippen LogP) is 4.60. The van der Waals surface area contributed by atoms with Crippen molar-refractivity contribution in [3.05, 3.63) is 64.0 Å². The largest absolute Gasteiger partial charge is 0.338 e. The van der Waals surface area contributed by atoms with Crippen LogP contribution in [0.2, 0.25) is 0 Å². The number of hydrogen-bond acceptors (Lipinski definition) is 3. The molecule has 3 heterocycles. The van der Waals surface area contributed by atoms with Crippen molar-refractivity contribution < 1.29 is 4.79 Å². The van der Waals surface area contributed by atoms with Crippen LogP contribution in [0.3, 0.4) is 0 Å². The van der Waals surface area contributed by atoms with Gasteiger partial charge < -0.3 is 4.90 Å². The van der Waals surface area contributed by atoms with Gasteiger partial charge in [0.1, 0.15) is 0 Å². The highest BCUT2D eigenvalue weighted by atomic mass is 16.2. The first-order valence-electron chi connectivity index (χ1n) is 11.1. The van der Waals surface area contributed by atoms with Gasteiger partial charge in [-0.2, -0.15) is 0 Å². The zero-order valence-electron chi connectivity index (χ0n) is 17.3. The molecule has 0 N–H and O–H groups in total. The van der Waals surface area contributed by atoms with E-state index in [2.05, 4.69) is 28.1 Å². The molecule has 0 unspecified atom stereocenters. The Hall–Kier alpha value is -2.49. The van der Waals surface area contributed by atoms with E-state index in [1.807, 2.05) is 19.2 Å². The molecule has 2 aromatic rings. The number of aliphatic imine (C=N–C) groups is 1. The van der Waals surface area contributed by atoms with Gasteiger partial charge >= 0.3 is 0 Å². The Morgan fingerprint density at radius 1 is 1.07 bits per heavy atom. The maximum atomic E-state index is 12.7. The van der Waals surface area contributed by atoms with E-state index >= 15 is 0 Å². The average molecular weight is 388 g/mol. The molecule has 150 valence electrons. The van der Waals surface area contributed by atoms with Gasteiger partial charge in [0.15, 0.2) is 0 Å². The Kier molecular flexibility index (Phi) is 4.94. The molecule has 0 bridgehead atoms. The van der Waals surface area contributed by atoms with Gasteiger partial charge in [-0.25, -0.2) is 0 Å². The SMILES string of the molecule is Cc1cc(C2=NCc3cc4c(cc32)CN(CCC2CCCCC2)C(=O)C4)ccn1. The smallest absolute Gasteiger partial charge is 0.227 e. The molecular formula is C25H29N3O. The van der Waals surface area contributed by atoms with Crippen LogP contribution in [0.5, 0.6) is 0 Å². The molecule has 29 heavy (non-hydrogen) atoms. The number of aromatic nitrogens is 1. The fraction of sp³-hybridized carbons (Fsp3) is 0.480. The number of hydrogen-bond donors (Lipinski definition) is 0. The molecule has 1 amide bonds. The molecule has 4 nitrogen and oxygen atoms in total. The highest BCUT2D eigenvalue weighted by Gasteiger charge is 2.27. The number of benzene rings is 1. The average Bonchev–Trinajstić information content (AvgIpc) is 3.14. The van der Waals surface area contributed by atoms with Crippen LogP contribution in [0.4, 0.5) is 0 Å². The van der Waals surface area contributed by atoms with E-state index in [-0.39, 0.29) is 5.91 Å². The molecule has 0 spiro atoms. The minimum Gasteiger partial charge on any atom is -0.338 e. The first-order chi connectivity index (χ1) is 14.2. The van der Waals surface area contributed by atoms with E-state index in [1.165, 1.54) is 54.4 Å². The first-order valence-corrected chi connectivity index (χ1v) is 11.1. The van der Waals surface area contributed by atoms with Gasteiger partial charge in [0.25, 0.3) is 0 Å². The summed E-state index contributed by atoms with van der Waals surface area (Å²) in [6, 6.07) is 8.67. The Balaban J connectivity index is 1.36. The Bertz CT molecular complexity index is 972. The van der Waals surface area contributed by atoms with E-state index in [4.69, 9.17) is 4.99 Å². The van der Waals surface area contributed by atoms with E-state index in [0.29, 0.717) is 13.0 Å². The van der Waals surface area contributed by atoms with Gasteiger partial charge in [-0.3, -0.25) is 14.8 Å². The van der Waals surface area contributed by atoms with Crippen LogP contribution < -0.4 is 0 Å². The standard InChI is InChI=1S/C25H29N3O/c1-17-11-19(7-9-26-17)25-23-13-22-16-28(10-8-18-5-3-2-4-6-18)24(29)14-20(22)12-21(23)15-27-25/h7,9,11-13,18H,2-6,8,10,14-16H2,1H3. The number of rotatable bonds is 4. The fourth-order valence-electron chi connectivity index (χ4n) is 5.18. The van der Waals surface area contributed by atoms with Crippen LogP contribution in [-0.4, -0.2) is 28.0 Å². The Morgan fingerprint density at radius 3 is 2.76 bits per heavy atom.